The molecule has 0 atom stereocenters. The highest BCUT2D eigenvalue weighted by atomic mass is 35.5. The average molecular weight is 371 g/mol. The molecule has 0 saturated heterocycles. The number of hydrogen-bond donors (Lipinski definition) is 1. The number of amides is 1. The number of anilines is 1. The third-order valence-electron chi connectivity index (χ3n) is 4.82. The Morgan fingerprint density at radius 2 is 1.85 bits per heavy atom. The number of hydrogen-bond acceptors (Lipinski definition) is 4. The van der Waals surface area contributed by atoms with Gasteiger partial charge >= 0.3 is 0 Å². The summed E-state index contributed by atoms with van der Waals surface area (Å²) in [5.41, 5.74) is 4.75. The second-order valence-corrected chi connectivity index (χ2v) is 6.82. The monoisotopic (exact) mass is 370 g/mol. The maximum absolute atomic E-state index is 12.4. The molecule has 0 bridgehead atoms. The lowest BCUT2D eigenvalue weighted by molar-refractivity contribution is -0.110. The SMILES string of the molecule is COc1cc2c(cc1OC)CN(/C=C1/C(=O)Nc3cc(Cl)ccc31)CC2. The molecule has 2 aromatic rings. The molecule has 0 aromatic heterocycles. The molecule has 2 aliphatic heterocycles. The molecule has 26 heavy (non-hydrogen) atoms. The number of fused-ring (bicyclic) bond motifs is 2. The number of nitrogens with one attached hydrogen (secondary N) is 1. The van der Waals surface area contributed by atoms with Gasteiger partial charge in [-0.05, 0) is 41.8 Å². The van der Waals surface area contributed by atoms with Crippen molar-refractivity contribution in [3.8, 4) is 11.5 Å². The van der Waals surface area contributed by atoms with Crippen LogP contribution in [0.25, 0.3) is 5.57 Å². The van der Waals surface area contributed by atoms with Gasteiger partial charge in [0.2, 0.25) is 0 Å². The number of ether oxygens (including phenoxy) is 2. The summed E-state index contributed by atoms with van der Waals surface area (Å²) in [5, 5.41) is 3.48. The summed E-state index contributed by atoms with van der Waals surface area (Å²) in [6.07, 6.45) is 2.82. The molecular weight excluding hydrogens is 352 g/mol. The molecule has 0 saturated carbocycles. The van der Waals surface area contributed by atoms with E-state index >= 15 is 0 Å². The number of carbonyl (C=O) groups is 1. The predicted octanol–water partition coefficient (Wildman–Crippen LogP) is 3.71. The molecule has 6 heteroatoms. The summed E-state index contributed by atoms with van der Waals surface area (Å²) in [6, 6.07) is 9.52. The van der Waals surface area contributed by atoms with Crippen LogP contribution in [0.2, 0.25) is 5.02 Å². The van der Waals surface area contributed by atoms with Crippen LogP contribution in [-0.2, 0) is 17.8 Å². The van der Waals surface area contributed by atoms with Gasteiger partial charge in [-0.15, -0.1) is 0 Å². The number of carbonyl (C=O) groups excluding carboxylic acids is 1. The molecule has 0 unspecified atom stereocenters. The fourth-order valence-corrected chi connectivity index (χ4v) is 3.66. The maximum atomic E-state index is 12.4. The standard InChI is InChI=1S/C20H19ClN2O3/c1-25-18-7-12-5-6-23(10-13(12)8-19(18)26-2)11-16-15-4-3-14(21)9-17(15)22-20(16)24/h3-4,7-9,11H,5-6,10H2,1-2H3,(H,22,24)/b16-11+. The molecule has 1 N–H and O–H groups in total. The van der Waals surface area contributed by atoms with Gasteiger partial charge in [0.15, 0.2) is 11.5 Å². The minimum atomic E-state index is -0.0969. The highest BCUT2D eigenvalue weighted by Gasteiger charge is 2.26. The minimum absolute atomic E-state index is 0.0969. The van der Waals surface area contributed by atoms with Crippen LogP contribution < -0.4 is 14.8 Å². The van der Waals surface area contributed by atoms with Crippen molar-refractivity contribution in [3.63, 3.8) is 0 Å². The Hall–Kier alpha value is -2.66. The van der Waals surface area contributed by atoms with Crippen LogP contribution in [0.1, 0.15) is 16.7 Å². The lowest BCUT2D eigenvalue weighted by atomic mass is 9.98. The van der Waals surface area contributed by atoms with Gasteiger partial charge in [0.25, 0.3) is 5.91 Å². The van der Waals surface area contributed by atoms with Crippen LogP contribution in [0.4, 0.5) is 5.69 Å². The first kappa shape index (κ1) is 16.8. The first-order valence-corrected chi connectivity index (χ1v) is 8.77. The lowest BCUT2D eigenvalue weighted by Gasteiger charge is -2.29. The zero-order chi connectivity index (χ0) is 18.3. The van der Waals surface area contributed by atoms with Crippen LogP contribution in [-0.4, -0.2) is 31.6 Å². The summed E-state index contributed by atoms with van der Waals surface area (Å²) >= 11 is 6.02. The fraction of sp³-hybridized carbons (Fsp3) is 0.250. The van der Waals surface area contributed by atoms with Gasteiger partial charge in [-0.2, -0.15) is 0 Å². The smallest absolute Gasteiger partial charge is 0.257 e. The summed E-state index contributed by atoms with van der Waals surface area (Å²) in [7, 11) is 3.28. The molecular formula is C20H19ClN2O3. The first-order chi connectivity index (χ1) is 12.6. The van der Waals surface area contributed by atoms with Crippen LogP contribution in [0, 0.1) is 0 Å². The molecule has 2 aromatic carbocycles. The van der Waals surface area contributed by atoms with Gasteiger partial charge in [-0.3, -0.25) is 4.79 Å². The number of methoxy groups -OCH3 is 2. The summed E-state index contributed by atoms with van der Waals surface area (Å²) in [6.45, 7) is 1.55. The molecule has 0 aliphatic carbocycles. The maximum Gasteiger partial charge on any atom is 0.257 e. The van der Waals surface area contributed by atoms with Crippen molar-refractivity contribution in [2.24, 2.45) is 0 Å². The van der Waals surface area contributed by atoms with E-state index in [9.17, 15) is 4.79 Å². The zero-order valence-electron chi connectivity index (χ0n) is 14.6. The van der Waals surface area contributed by atoms with Crippen LogP contribution in [0.15, 0.2) is 36.5 Å². The van der Waals surface area contributed by atoms with Crippen LogP contribution >= 0.6 is 11.6 Å². The number of nitrogens with zero attached hydrogens (tertiary/aromatic N) is 1. The third-order valence-corrected chi connectivity index (χ3v) is 5.06. The summed E-state index contributed by atoms with van der Waals surface area (Å²) in [5.74, 6) is 1.37. The van der Waals surface area contributed by atoms with Crippen molar-refractivity contribution in [3.05, 3.63) is 58.2 Å². The number of halogens is 1. The minimum Gasteiger partial charge on any atom is -0.493 e. The van der Waals surface area contributed by atoms with Gasteiger partial charge in [-0.25, -0.2) is 0 Å². The largest absolute Gasteiger partial charge is 0.493 e. The van der Waals surface area contributed by atoms with Crippen molar-refractivity contribution in [1.29, 1.82) is 0 Å². The molecule has 0 spiro atoms. The predicted molar refractivity (Wildman–Crippen MR) is 102 cm³/mol. The van der Waals surface area contributed by atoms with Crippen LogP contribution in [0.5, 0.6) is 11.5 Å². The number of benzene rings is 2. The zero-order valence-corrected chi connectivity index (χ0v) is 15.4. The molecule has 134 valence electrons. The molecule has 1 amide bonds. The van der Waals surface area contributed by atoms with E-state index in [1.807, 2.05) is 24.4 Å². The molecule has 4 rings (SSSR count). The van der Waals surface area contributed by atoms with Crippen LogP contribution in [0.3, 0.4) is 0 Å². The van der Waals surface area contributed by atoms with Crippen molar-refractivity contribution < 1.29 is 14.3 Å². The Morgan fingerprint density at radius 3 is 2.58 bits per heavy atom. The van der Waals surface area contributed by atoms with E-state index in [4.69, 9.17) is 21.1 Å². The third kappa shape index (κ3) is 2.88. The van der Waals surface area contributed by atoms with E-state index in [2.05, 4.69) is 10.2 Å². The molecule has 2 heterocycles. The average Bonchev–Trinajstić information content (AvgIpc) is 2.94. The van der Waals surface area contributed by atoms with Crippen molar-refractivity contribution in [1.82, 2.24) is 4.90 Å². The van der Waals surface area contributed by atoms with Crippen molar-refractivity contribution in [2.45, 2.75) is 13.0 Å². The van der Waals surface area contributed by atoms with Gasteiger partial charge in [0, 0.05) is 29.9 Å². The van der Waals surface area contributed by atoms with Gasteiger partial charge in [-0.1, -0.05) is 17.7 Å². The molecule has 5 nitrogen and oxygen atoms in total. The second-order valence-electron chi connectivity index (χ2n) is 6.38. The quantitative estimate of drug-likeness (QED) is 0.837. The van der Waals surface area contributed by atoms with E-state index in [1.165, 1.54) is 11.1 Å². The van der Waals surface area contributed by atoms with Gasteiger partial charge in [0.1, 0.15) is 0 Å². The summed E-state index contributed by atoms with van der Waals surface area (Å²) in [4.78, 5) is 14.5. The Labute approximate surface area is 157 Å². The van der Waals surface area contributed by atoms with Crippen molar-refractivity contribution >= 4 is 28.8 Å². The highest BCUT2D eigenvalue weighted by Crippen LogP contribution is 2.36. The lowest BCUT2D eigenvalue weighted by Crippen LogP contribution is -2.26. The van der Waals surface area contributed by atoms with E-state index < -0.39 is 0 Å². The Kier molecular flexibility index (Phi) is 4.24. The molecule has 0 fully saturated rings. The Balaban J connectivity index is 1.64. The van der Waals surface area contributed by atoms with E-state index in [0.717, 1.165) is 42.3 Å². The van der Waals surface area contributed by atoms with E-state index in [1.54, 1.807) is 26.4 Å². The second kappa shape index (κ2) is 6.57. The molecule has 0 radical (unpaired) electrons. The highest BCUT2D eigenvalue weighted by molar-refractivity contribution is 6.34. The Morgan fingerprint density at radius 1 is 1.12 bits per heavy atom. The van der Waals surface area contributed by atoms with E-state index in [-0.39, 0.29) is 5.91 Å². The summed E-state index contributed by atoms with van der Waals surface area (Å²) < 4.78 is 10.8. The topological polar surface area (TPSA) is 50.8 Å². The van der Waals surface area contributed by atoms with Gasteiger partial charge in [0.05, 0.1) is 25.5 Å². The van der Waals surface area contributed by atoms with Gasteiger partial charge < -0.3 is 19.7 Å². The normalized spacial score (nSPS) is 17.0. The molecule has 2 aliphatic rings. The fourth-order valence-electron chi connectivity index (χ4n) is 3.49. The van der Waals surface area contributed by atoms with Crippen molar-refractivity contribution in [2.75, 3.05) is 26.1 Å². The Bertz CT molecular complexity index is 924. The first-order valence-electron chi connectivity index (χ1n) is 8.40. The number of rotatable bonds is 3. The van der Waals surface area contributed by atoms with E-state index in [0.29, 0.717) is 10.6 Å².